The molecule has 0 aromatic heterocycles. The Hall–Kier alpha value is -0.900. The van der Waals surface area contributed by atoms with Crippen LogP contribution in [0.25, 0.3) is 0 Å². The molecule has 0 radical (unpaired) electrons. The predicted octanol–water partition coefficient (Wildman–Crippen LogP) is 1.18. The van der Waals surface area contributed by atoms with Crippen LogP contribution in [0.4, 0.5) is 0 Å². The summed E-state index contributed by atoms with van der Waals surface area (Å²) in [5.74, 6) is 0.369. The fourth-order valence-corrected chi connectivity index (χ4v) is 2.42. The molecule has 1 heterocycles. The molecule has 1 saturated heterocycles. The number of hydrogen-bond donors (Lipinski definition) is 3. The highest BCUT2D eigenvalue weighted by Gasteiger charge is 2.24. The molecule has 16 heavy (non-hydrogen) atoms. The Morgan fingerprint density at radius 3 is 2.69 bits per heavy atom. The normalized spacial score (nSPS) is 19.6. The van der Waals surface area contributed by atoms with Gasteiger partial charge >= 0.3 is 0 Å². The number of aliphatic hydroxyl groups is 1. The van der Waals surface area contributed by atoms with Crippen molar-refractivity contribution in [1.29, 1.82) is 0 Å². The van der Waals surface area contributed by atoms with Gasteiger partial charge in [-0.25, -0.2) is 0 Å². The van der Waals surface area contributed by atoms with E-state index in [-0.39, 0.29) is 6.10 Å². The van der Waals surface area contributed by atoms with E-state index >= 15 is 0 Å². The summed E-state index contributed by atoms with van der Waals surface area (Å²) in [5.41, 5.74) is 7.77. The third kappa shape index (κ3) is 2.43. The van der Waals surface area contributed by atoms with Gasteiger partial charge in [0.25, 0.3) is 0 Å². The van der Waals surface area contributed by atoms with E-state index in [0.29, 0.717) is 12.5 Å². The van der Waals surface area contributed by atoms with E-state index in [1.165, 1.54) is 0 Å². The van der Waals surface area contributed by atoms with Crippen molar-refractivity contribution in [3.05, 3.63) is 35.4 Å². The van der Waals surface area contributed by atoms with Crippen molar-refractivity contribution >= 4 is 0 Å². The average Bonchev–Trinajstić information content (AvgIpc) is 2.39. The third-order valence-corrected chi connectivity index (χ3v) is 3.42. The van der Waals surface area contributed by atoms with Crippen molar-refractivity contribution in [2.45, 2.75) is 25.5 Å². The van der Waals surface area contributed by atoms with Gasteiger partial charge in [0.15, 0.2) is 0 Å². The SMILES string of the molecule is NCc1ccccc1C(O)C1CCNCC1. The second-order valence-electron chi connectivity index (χ2n) is 4.44. The molecule has 3 nitrogen and oxygen atoms in total. The highest BCUT2D eigenvalue weighted by atomic mass is 16.3. The van der Waals surface area contributed by atoms with Gasteiger partial charge in [-0.2, -0.15) is 0 Å². The van der Waals surface area contributed by atoms with Crippen LogP contribution in [0.5, 0.6) is 0 Å². The minimum atomic E-state index is -0.359. The van der Waals surface area contributed by atoms with Crippen LogP contribution in [0.1, 0.15) is 30.1 Å². The molecule has 0 bridgehead atoms. The van der Waals surface area contributed by atoms with Crippen LogP contribution in [-0.2, 0) is 6.54 Å². The second-order valence-corrected chi connectivity index (χ2v) is 4.44. The van der Waals surface area contributed by atoms with Gasteiger partial charge in [0, 0.05) is 6.54 Å². The zero-order valence-corrected chi connectivity index (χ0v) is 9.52. The van der Waals surface area contributed by atoms with Gasteiger partial charge in [0.05, 0.1) is 6.10 Å². The van der Waals surface area contributed by atoms with Gasteiger partial charge in [0.1, 0.15) is 0 Å². The fraction of sp³-hybridized carbons (Fsp3) is 0.538. The van der Waals surface area contributed by atoms with Gasteiger partial charge < -0.3 is 16.2 Å². The maximum atomic E-state index is 10.4. The number of benzene rings is 1. The molecule has 0 aliphatic carbocycles. The molecule has 4 N–H and O–H groups in total. The Morgan fingerprint density at radius 1 is 1.31 bits per heavy atom. The minimum Gasteiger partial charge on any atom is -0.388 e. The highest BCUT2D eigenvalue weighted by Crippen LogP contribution is 2.30. The number of hydrogen-bond acceptors (Lipinski definition) is 3. The molecule has 1 atom stereocenters. The second kappa shape index (κ2) is 5.43. The van der Waals surface area contributed by atoms with Crippen molar-refractivity contribution in [3.63, 3.8) is 0 Å². The standard InChI is InChI=1S/C13H20N2O/c14-9-11-3-1-2-4-12(11)13(16)10-5-7-15-8-6-10/h1-4,10,13,15-16H,5-9,14H2. The molecule has 1 unspecified atom stereocenters. The molecule has 0 amide bonds. The quantitative estimate of drug-likeness (QED) is 0.717. The summed E-state index contributed by atoms with van der Waals surface area (Å²) in [4.78, 5) is 0. The molecular weight excluding hydrogens is 200 g/mol. The van der Waals surface area contributed by atoms with Gasteiger partial charge in [-0.05, 0) is 43.0 Å². The lowest BCUT2D eigenvalue weighted by molar-refractivity contribution is 0.0881. The first-order valence-electron chi connectivity index (χ1n) is 5.99. The lowest BCUT2D eigenvalue weighted by atomic mass is 9.86. The largest absolute Gasteiger partial charge is 0.388 e. The van der Waals surface area contributed by atoms with Crippen LogP contribution in [0.2, 0.25) is 0 Å². The van der Waals surface area contributed by atoms with Crippen molar-refractivity contribution in [2.75, 3.05) is 13.1 Å². The van der Waals surface area contributed by atoms with Crippen molar-refractivity contribution < 1.29 is 5.11 Å². The Labute approximate surface area is 96.7 Å². The zero-order chi connectivity index (χ0) is 11.4. The topological polar surface area (TPSA) is 58.3 Å². The van der Waals surface area contributed by atoms with Gasteiger partial charge in [-0.15, -0.1) is 0 Å². The first-order valence-corrected chi connectivity index (χ1v) is 5.99. The van der Waals surface area contributed by atoms with E-state index in [4.69, 9.17) is 5.73 Å². The Balaban J connectivity index is 2.15. The molecule has 2 rings (SSSR count). The number of piperidine rings is 1. The van der Waals surface area contributed by atoms with Crippen LogP contribution in [0, 0.1) is 5.92 Å². The molecule has 0 saturated carbocycles. The summed E-state index contributed by atoms with van der Waals surface area (Å²) >= 11 is 0. The van der Waals surface area contributed by atoms with Crippen LogP contribution < -0.4 is 11.1 Å². The van der Waals surface area contributed by atoms with Crippen molar-refractivity contribution in [3.8, 4) is 0 Å². The summed E-state index contributed by atoms with van der Waals surface area (Å²) in [6.07, 6.45) is 1.72. The molecule has 1 aliphatic heterocycles. The maximum Gasteiger partial charge on any atom is 0.0822 e. The van der Waals surface area contributed by atoms with Crippen LogP contribution in [0.15, 0.2) is 24.3 Å². The molecule has 0 spiro atoms. The highest BCUT2D eigenvalue weighted by molar-refractivity contribution is 5.29. The summed E-state index contributed by atoms with van der Waals surface area (Å²) < 4.78 is 0. The Kier molecular flexibility index (Phi) is 3.93. The Morgan fingerprint density at radius 2 is 2.00 bits per heavy atom. The molecule has 3 heteroatoms. The lowest BCUT2D eigenvalue weighted by Gasteiger charge is -2.28. The van der Waals surface area contributed by atoms with E-state index in [2.05, 4.69) is 5.32 Å². The summed E-state index contributed by atoms with van der Waals surface area (Å²) in [6.45, 7) is 2.51. The first kappa shape index (κ1) is 11.6. The summed E-state index contributed by atoms with van der Waals surface area (Å²) in [7, 11) is 0. The molecule has 1 aromatic carbocycles. The Bertz CT molecular complexity index is 334. The van der Waals surface area contributed by atoms with E-state index < -0.39 is 0 Å². The number of rotatable bonds is 3. The first-order chi connectivity index (χ1) is 7.83. The van der Waals surface area contributed by atoms with Crippen LogP contribution >= 0.6 is 0 Å². The lowest BCUT2D eigenvalue weighted by Crippen LogP contribution is -2.31. The monoisotopic (exact) mass is 220 g/mol. The van der Waals surface area contributed by atoms with Crippen LogP contribution in [-0.4, -0.2) is 18.2 Å². The number of aliphatic hydroxyl groups excluding tert-OH is 1. The van der Waals surface area contributed by atoms with Gasteiger partial charge in [0.2, 0.25) is 0 Å². The van der Waals surface area contributed by atoms with E-state index in [1.54, 1.807) is 0 Å². The molecule has 88 valence electrons. The molecular formula is C13H20N2O. The minimum absolute atomic E-state index is 0.359. The fourth-order valence-electron chi connectivity index (χ4n) is 2.42. The van der Waals surface area contributed by atoms with Crippen molar-refractivity contribution in [1.82, 2.24) is 5.32 Å². The number of nitrogens with two attached hydrogens (primary N) is 1. The molecule has 1 aliphatic rings. The number of nitrogens with one attached hydrogen (secondary N) is 1. The predicted molar refractivity (Wildman–Crippen MR) is 64.9 cm³/mol. The zero-order valence-electron chi connectivity index (χ0n) is 9.52. The van der Waals surface area contributed by atoms with E-state index in [1.807, 2.05) is 24.3 Å². The summed E-state index contributed by atoms with van der Waals surface area (Å²) in [6, 6.07) is 7.94. The average molecular weight is 220 g/mol. The van der Waals surface area contributed by atoms with Crippen molar-refractivity contribution in [2.24, 2.45) is 11.7 Å². The van der Waals surface area contributed by atoms with Gasteiger partial charge in [-0.1, -0.05) is 24.3 Å². The third-order valence-electron chi connectivity index (χ3n) is 3.42. The molecule has 1 fully saturated rings. The van der Waals surface area contributed by atoms with Crippen LogP contribution in [0.3, 0.4) is 0 Å². The maximum absolute atomic E-state index is 10.4. The molecule has 1 aromatic rings. The van der Waals surface area contributed by atoms with Gasteiger partial charge in [-0.3, -0.25) is 0 Å². The summed E-state index contributed by atoms with van der Waals surface area (Å²) in [5, 5.41) is 13.7. The smallest absolute Gasteiger partial charge is 0.0822 e. The van der Waals surface area contributed by atoms with E-state index in [0.717, 1.165) is 37.1 Å². The van der Waals surface area contributed by atoms with E-state index in [9.17, 15) is 5.11 Å².